The second-order valence-corrected chi connectivity index (χ2v) is 5.44. The van der Waals surface area contributed by atoms with Crippen molar-refractivity contribution in [3.8, 4) is 11.5 Å². The molecule has 0 bridgehead atoms. The number of rotatable bonds is 5. The first-order chi connectivity index (χ1) is 11.2. The van der Waals surface area contributed by atoms with Crippen LogP contribution in [0.15, 0.2) is 48.5 Å². The fourth-order valence-corrected chi connectivity index (χ4v) is 2.73. The van der Waals surface area contributed by atoms with Crippen LogP contribution in [-0.2, 0) is 0 Å². The van der Waals surface area contributed by atoms with Crippen LogP contribution >= 0.6 is 0 Å². The minimum atomic E-state index is -0.281. The number of ether oxygens (including phenoxy) is 2. The van der Waals surface area contributed by atoms with Crippen molar-refractivity contribution < 1.29 is 14.3 Å². The van der Waals surface area contributed by atoms with Crippen LogP contribution in [0.25, 0.3) is 0 Å². The van der Waals surface area contributed by atoms with Gasteiger partial charge < -0.3 is 9.47 Å². The van der Waals surface area contributed by atoms with Crippen molar-refractivity contribution in [1.29, 1.82) is 0 Å². The predicted octanol–water partition coefficient (Wildman–Crippen LogP) is 2.15. The average molecular weight is 312 g/mol. The lowest BCUT2D eigenvalue weighted by atomic mass is 10.0. The van der Waals surface area contributed by atoms with E-state index in [9.17, 15) is 4.79 Å². The lowest BCUT2D eigenvalue weighted by molar-refractivity contribution is 0.0954. The molecule has 5 nitrogen and oxygen atoms in total. The number of carbonyl (C=O) groups excluding carboxylic acids is 1. The molecule has 2 unspecified atom stereocenters. The Kier molecular flexibility index (Phi) is 4.60. The first kappa shape index (κ1) is 15.5. The molecule has 1 aliphatic heterocycles. The van der Waals surface area contributed by atoms with Crippen LogP contribution in [0, 0.1) is 0 Å². The van der Waals surface area contributed by atoms with E-state index in [2.05, 4.69) is 10.6 Å². The van der Waals surface area contributed by atoms with E-state index < -0.39 is 0 Å². The lowest BCUT2D eigenvalue weighted by Crippen LogP contribution is -2.34. The van der Waals surface area contributed by atoms with Gasteiger partial charge in [-0.05, 0) is 17.7 Å². The van der Waals surface area contributed by atoms with E-state index in [0.29, 0.717) is 23.6 Å². The molecular formula is C18H20N2O3. The average Bonchev–Trinajstić information content (AvgIpc) is 3.11. The Morgan fingerprint density at radius 3 is 2.30 bits per heavy atom. The molecule has 2 aromatic rings. The summed E-state index contributed by atoms with van der Waals surface area (Å²) in [5.41, 5.74) is 1.69. The summed E-state index contributed by atoms with van der Waals surface area (Å²) < 4.78 is 10.5. The van der Waals surface area contributed by atoms with Crippen molar-refractivity contribution in [2.24, 2.45) is 0 Å². The number of carbonyl (C=O) groups is 1. The van der Waals surface area contributed by atoms with Crippen LogP contribution < -0.4 is 20.1 Å². The predicted molar refractivity (Wildman–Crippen MR) is 88.0 cm³/mol. The van der Waals surface area contributed by atoms with Crippen molar-refractivity contribution in [2.75, 3.05) is 20.8 Å². The summed E-state index contributed by atoms with van der Waals surface area (Å²) in [6.07, 6.45) is -0.0161. The third-order valence-corrected chi connectivity index (χ3v) is 3.98. The van der Waals surface area contributed by atoms with Crippen molar-refractivity contribution in [3.05, 3.63) is 59.7 Å². The van der Waals surface area contributed by atoms with Crippen LogP contribution in [0.3, 0.4) is 0 Å². The molecule has 1 fully saturated rings. The smallest absolute Gasteiger partial charge is 0.181 e. The molecular weight excluding hydrogens is 292 g/mol. The molecule has 0 amide bonds. The molecule has 1 heterocycles. The summed E-state index contributed by atoms with van der Waals surface area (Å²) >= 11 is 0. The van der Waals surface area contributed by atoms with Gasteiger partial charge in [0.1, 0.15) is 11.5 Å². The number of hydrogen-bond donors (Lipinski definition) is 2. The normalized spacial score (nSPS) is 20.3. The second-order valence-electron chi connectivity index (χ2n) is 5.44. The number of nitrogens with one attached hydrogen (secondary N) is 2. The van der Waals surface area contributed by atoms with E-state index in [1.165, 1.54) is 0 Å². The van der Waals surface area contributed by atoms with Crippen molar-refractivity contribution >= 4 is 5.78 Å². The molecule has 0 radical (unpaired) electrons. The largest absolute Gasteiger partial charge is 0.497 e. The van der Waals surface area contributed by atoms with Gasteiger partial charge in [0.25, 0.3) is 0 Å². The highest BCUT2D eigenvalue weighted by molar-refractivity contribution is 6.01. The molecule has 5 heteroatoms. The van der Waals surface area contributed by atoms with Crippen molar-refractivity contribution in [1.82, 2.24) is 10.6 Å². The highest BCUT2D eigenvalue weighted by Crippen LogP contribution is 2.24. The molecule has 0 spiro atoms. The molecule has 23 heavy (non-hydrogen) atoms. The number of hydrogen-bond acceptors (Lipinski definition) is 5. The summed E-state index contributed by atoms with van der Waals surface area (Å²) in [5, 5.41) is 6.67. The van der Waals surface area contributed by atoms with Gasteiger partial charge in [0.15, 0.2) is 5.78 Å². The van der Waals surface area contributed by atoms with Crippen molar-refractivity contribution in [2.45, 2.75) is 12.2 Å². The quantitative estimate of drug-likeness (QED) is 0.829. The van der Waals surface area contributed by atoms with E-state index in [4.69, 9.17) is 9.47 Å². The fourth-order valence-electron chi connectivity index (χ4n) is 2.73. The zero-order valence-corrected chi connectivity index (χ0v) is 13.2. The molecule has 0 aliphatic carbocycles. The Hall–Kier alpha value is -2.37. The van der Waals surface area contributed by atoms with Gasteiger partial charge in [-0.3, -0.25) is 15.4 Å². The Labute approximate surface area is 135 Å². The van der Waals surface area contributed by atoms with Gasteiger partial charge in [-0.1, -0.05) is 30.3 Å². The van der Waals surface area contributed by atoms with Gasteiger partial charge >= 0.3 is 0 Å². The van der Waals surface area contributed by atoms with Gasteiger partial charge in [-0.25, -0.2) is 0 Å². The zero-order valence-electron chi connectivity index (χ0n) is 13.2. The van der Waals surface area contributed by atoms with Gasteiger partial charge in [0.2, 0.25) is 0 Å². The maximum Gasteiger partial charge on any atom is 0.181 e. The van der Waals surface area contributed by atoms with Gasteiger partial charge in [0, 0.05) is 18.2 Å². The Balaban J connectivity index is 1.77. The Bertz CT molecular complexity index is 666. The van der Waals surface area contributed by atoms with E-state index >= 15 is 0 Å². The third-order valence-electron chi connectivity index (χ3n) is 3.98. The summed E-state index contributed by atoms with van der Waals surface area (Å²) in [7, 11) is 3.15. The van der Waals surface area contributed by atoms with Gasteiger partial charge in [-0.15, -0.1) is 0 Å². The zero-order chi connectivity index (χ0) is 16.2. The maximum atomic E-state index is 12.7. The molecule has 0 aromatic heterocycles. The van der Waals surface area contributed by atoms with E-state index in [-0.39, 0.29) is 18.0 Å². The van der Waals surface area contributed by atoms with Crippen LogP contribution in [0.4, 0.5) is 0 Å². The van der Waals surface area contributed by atoms with E-state index in [1.54, 1.807) is 32.4 Å². The van der Waals surface area contributed by atoms with Crippen LogP contribution in [-0.4, -0.2) is 32.6 Å². The van der Waals surface area contributed by atoms with E-state index in [1.807, 2.05) is 30.3 Å². The molecule has 0 saturated carbocycles. The van der Waals surface area contributed by atoms with E-state index in [0.717, 1.165) is 5.56 Å². The maximum absolute atomic E-state index is 12.7. The van der Waals surface area contributed by atoms with Crippen LogP contribution in [0.2, 0.25) is 0 Å². The summed E-state index contributed by atoms with van der Waals surface area (Å²) in [6.45, 7) is 0.581. The highest BCUT2D eigenvalue weighted by Gasteiger charge is 2.30. The molecule has 1 aliphatic rings. The minimum Gasteiger partial charge on any atom is -0.497 e. The molecule has 1 saturated heterocycles. The van der Waals surface area contributed by atoms with Gasteiger partial charge in [-0.2, -0.15) is 0 Å². The molecule has 120 valence electrons. The monoisotopic (exact) mass is 312 g/mol. The Morgan fingerprint density at radius 2 is 1.70 bits per heavy atom. The lowest BCUT2D eigenvalue weighted by Gasteiger charge is -2.14. The summed E-state index contributed by atoms with van der Waals surface area (Å²) in [6, 6.07) is 15.0. The highest BCUT2D eigenvalue weighted by atomic mass is 16.5. The number of ketones is 1. The van der Waals surface area contributed by atoms with Gasteiger partial charge in [0.05, 0.1) is 26.4 Å². The summed E-state index contributed by atoms with van der Waals surface area (Å²) in [5.74, 6) is 1.24. The molecule has 2 N–H and O–H groups in total. The molecule has 3 rings (SSSR count). The number of benzene rings is 2. The van der Waals surface area contributed by atoms with Crippen LogP contribution in [0.1, 0.15) is 22.1 Å². The minimum absolute atomic E-state index is 0.0161. The van der Waals surface area contributed by atoms with Crippen LogP contribution in [0.5, 0.6) is 11.5 Å². The SMILES string of the molecule is COc1cc(OC)cc(C(=O)C2CNC(c3ccccc3)N2)c1. The fraction of sp³-hybridized carbons (Fsp3) is 0.278. The number of methoxy groups -OCH3 is 2. The third kappa shape index (κ3) is 3.36. The first-order valence-electron chi connectivity index (χ1n) is 7.53. The molecule has 2 atom stereocenters. The topological polar surface area (TPSA) is 59.6 Å². The van der Waals surface area contributed by atoms with Crippen molar-refractivity contribution in [3.63, 3.8) is 0 Å². The summed E-state index contributed by atoms with van der Waals surface area (Å²) in [4.78, 5) is 12.7. The molecule has 2 aromatic carbocycles. The second kappa shape index (κ2) is 6.81. The number of Topliss-reactive ketones (excluding diaryl/α,β-unsaturated/α-hetero) is 1. The standard InChI is InChI=1S/C18H20N2O3/c1-22-14-8-13(9-15(10-14)23-2)17(21)16-11-19-18(20-16)12-6-4-3-5-7-12/h3-10,16,18-20H,11H2,1-2H3. The first-order valence-corrected chi connectivity index (χ1v) is 7.53. The Morgan fingerprint density at radius 1 is 1.04 bits per heavy atom.